The smallest absolute Gasteiger partial charge is 0.402 e. The molecule has 1 saturated heterocycles. The molecule has 5 heteroatoms. The second kappa shape index (κ2) is 4.56. The van der Waals surface area contributed by atoms with Crippen LogP contribution in [0.1, 0.15) is 39.2 Å². The van der Waals surface area contributed by atoms with Crippen LogP contribution in [0.3, 0.4) is 0 Å². The Balaban J connectivity index is 1.93. The van der Waals surface area contributed by atoms with Gasteiger partial charge in [0.2, 0.25) is 0 Å². The number of nitrogens with two attached hydrogens (primary N) is 1. The Morgan fingerprint density at radius 2 is 1.70 bits per heavy atom. The zero-order valence-corrected chi connectivity index (χ0v) is 13.2. The molecule has 0 bridgehead atoms. The van der Waals surface area contributed by atoms with Crippen LogP contribution in [0.25, 0.3) is 10.1 Å². The molecule has 1 fully saturated rings. The first-order chi connectivity index (χ1) is 9.32. The third kappa shape index (κ3) is 2.09. The highest BCUT2D eigenvalue weighted by Crippen LogP contribution is 2.41. The van der Waals surface area contributed by atoms with E-state index in [9.17, 15) is 0 Å². The van der Waals surface area contributed by atoms with E-state index < -0.39 is 7.12 Å². The predicted molar refractivity (Wildman–Crippen MR) is 84.8 cm³/mol. The van der Waals surface area contributed by atoms with Gasteiger partial charge in [0, 0.05) is 4.70 Å². The van der Waals surface area contributed by atoms with Crippen LogP contribution in [-0.2, 0) is 9.31 Å². The van der Waals surface area contributed by atoms with E-state index in [1.165, 1.54) is 10.1 Å². The molecule has 1 aliphatic heterocycles. The first kappa shape index (κ1) is 14.1. The minimum absolute atomic E-state index is 0.271. The van der Waals surface area contributed by atoms with Gasteiger partial charge in [0.15, 0.2) is 0 Å². The molecule has 106 valence electrons. The Hall–Kier alpha value is -0.875. The Morgan fingerprint density at radius 3 is 2.35 bits per heavy atom. The van der Waals surface area contributed by atoms with Gasteiger partial charge in [0.05, 0.1) is 17.1 Å². The molecule has 3 rings (SSSR count). The average Bonchev–Trinajstić information content (AvgIpc) is 2.88. The Labute approximate surface area is 124 Å². The van der Waals surface area contributed by atoms with E-state index in [0.29, 0.717) is 0 Å². The van der Waals surface area contributed by atoms with Crippen LogP contribution in [0.2, 0.25) is 0 Å². The van der Waals surface area contributed by atoms with Crippen molar-refractivity contribution in [2.24, 2.45) is 5.73 Å². The van der Waals surface area contributed by atoms with E-state index in [1.807, 2.05) is 39.8 Å². The molecule has 0 saturated carbocycles. The lowest BCUT2D eigenvalue weighted by molar-refractivity contribution is 0.00578. The van der Waals surface area contributed by atoms with Gasteiger partial charge in [-0.1, -0.05) is 18.2 Å². The summed E-state index contributed by atoms with van der Waals surface area (Å²) in [5.74, 6) is -0.271. The van der Waals surface area contributed by atoms with Crippen LogP contribution >= 0.6 is 11.3 Å². The number of hydrogen-bond acceptors (Lipinski definition) is 4. The lowest BCUT2D eigenvalue weighted by Crippen LogP contribution is -2.41. The fraction of sp³-hybridized carbons (Fsp3) is 0.467. The van der Waals surface area contributed by atoms with Gasteiger partial charge in [0.1, 0.15) is 0 Å². The summed E-state index contributed by atoms with van der Waals surface area (Å²) in [5.41, 5.74) is 6.82. The van der Waals surface area contributed by atoms with Gasteiger partial charge in [-0.25, -0.2) is 0 Å². The van der Waals surface area contributed by atoms with E-state index in [-0.39, 0.29) is 17.1 Å². The predicted octanol–water partition coefficient (Wildman–Crippen LogP) is 3.53. The zero-order chi connectivity index (χ0) is 14.5. The maximum absolute atomic E-state index is 6.41. The molecule has 1 aromatic carbocycles. The standard InChI is InChI=1S/C15H20BNO2S/c1-14(2)15(3,4)19-16(18-14)13(17)11-9-20-12-8-6-5-7-10(11)12/h5-9,13H,17H2,1-4H3/t13-/m1/s1. The van der Waals surface area contributed by atoms with Crippen LogP contribution in [0, 0.1) is 0 Å². The summed E-state index contributed by atoms with van der Waals surface area (Å²) in [4.78, 5) is 0. The lowest BCUT2D eigenvalue weighted by Gasteiger charge is -2.32. The second-order valence-electron chi connectivity index (χ2n) is 6.34. The molecule has 0 spiro atoms. The molecule has 2 heterocycles. The van der Waals surface area contributed by atoms with Gasteiger partial charge in [0.25, 0.3) is 0 Å². The zero-order valence-electron chi connectivity index (χ0n) is 12.3. The number of benzene rings is 1. The monoisotopic (exact) mass is 289 g/mol. The van der Waals surface area contributed by atoms with Crippen molar-refractivity contribution in [1.29, 1.82) is 0 Å². The summed E-state index contributed by atoms with van der Waals surface area (Å²) < 4.78 is 13.4. The van der Waals surface area contributed by atoms with Gasteiger partial charge >= 0.3 is 7.12 Å². The number of rotatable bonds is 2. The molecule has 0 radical (unpaired) electrons. The van der Waals surface area contributed by atoms with E-state index in [4.69, 9.17) is 15.0 Å². The number of fused-ring (bicyclic) bond motifs is 1. The summed E-state index contributed by atoms with van der Waals surface area (Å²) >= 11 is 1.71. The van der Waals surface area contributed by atoms with Gasteiger partial charge in [-0.2, -0.15) is 0 Å². The number of thiophene rings is 1. The lowest BCUT2D eigenvalue weighted by atomic mass is 9.75. The fourth-order valence-electron chi connectivity index (χ4n) is 2.44. The second-order valence-corrected chi connectivity index (χ2v) is 7.25. The number of hydrogen-bond donors (Lipinski definition) is 1. The van der Waals surface area contributed by atoms with E-state index >= 15 is 0 Å². The molecule has 2 N–H and O–H groups in total. The Bertz CT molecular complexity index is 622. The highest BCUT2D eigenvalue weighted by molar-refractivity contribution is 7.17. The van der Waals surface area contributed by atoms with Crippen molar-refractivity contribution >= 4 is 28.5 Å². The molecule has 1 aromatic heterocycles. The van der Waals surface area contributed by atoms with Crippen LogP contribution in [-0.4, -0.2) is 18.3 Å². The Kier molecular flexibility index (Phi) is 3.21. The highest BCUT2D eigenvalue weighted by Gasteiger charge is 2.53. The SMILES string of the molecule is CC1(C)OB([C@H](N)c2csc3ccccc23)OC1(C)C. The van der Waals surface area contributed by atoms with E-state index in [0.717, 1.165) is 5.56 Å². The maximum atomic E-state index is 6.41. The maximum Gasteiger partial charge on any atom is 0.480 e. The van der Waals surface area contributed by atoms with E-state index in [2.05, 4.69) is 17.5 Å². The summed E-state index contributed by atoms with van der Waals surface area (Å²) in [6.07, 6.45) is 0. The largest absolute Gasteiger partial charge is 0.480 e. The molecule has 1 atom stereocenters. The van der Waals surface area contributed by atoms with Crippen molar-refractivity contribution in [1.82, 2.24) is 0 Å². The summed E-state index contributed by atoms with van der Waals surface area (Å²) in [7, 11) is -0.405. The minimum Gasteiger partial charge on any atom is -0.402 e. The van der Waals surface area contributed by atoms with Crippen LogP contribution in [0.5, 0.6) is 0 Å². The molecule has 3 nitrogen and oxygen atoms in total. The summed E-state index contributed by atoms with van der Waals surface area (Å²) in [5, 5.41) is 3.31. The van der Waals surface area contributed by atoms with E-state index in [1.54, 1.807) is 11.3 Å². The highest BCUT2D eigenvalue weighted by atomic mass is 32.1. The first-order valence-corrected chi connectivity index (χ1v) is 7.77. The minimum atomic E-state index is -0.405. The molecular weight excluding hydrogens is 269 g/mol. The van der Waals surface area contributed by atoms with Crippen molar-refractivity contribution in [3.63, 3.8) is 0 Å². The topological polar surface area (TPSA) is 44.5 Å². The normalized spacial score (nSPS) is 22.4. The third-order valence-corrected chi connectivity index (χ3v) is 5.42. The van der Waals surface area contributed by atoms with Gasteiger partial charge in [-0.05, 0) is 50.1 Å². The molecular formula is C15H20BNO2S. The molecule has 2 aromatic rings. The van der Waals surface area contributed by atoms with Crippen molar-refractivity contribution in [3.05, 3.63) is 35.2 Å². The molecule has 20 heavy (non-hydrogen) atoms. The van der Waals surface area contributed by atoms with Crippen molar-refractivity contribution in [2.45, 2.75) is 44.8 Å². The van der Waals surface area contributed by atoms with Crippen molar-refractivity contribution < 1.29 is 9.31 Å². The van der Waals surface area contributed by atoms with Gasteiger partial charge in [-0.3, -0.25) is 0 Å². The first-order valence-electron chi connectivity index (χ1n) is 6.89. The van der Waals surface area contributed by atoms with Gasteiger partial charge in [-0.15, -0.1) is 11.3 Å². The molecule has 0 unspecified atom stereocenters. The van der Waals surface area contributed by atoms with Crippen LogP contribution in [0.15, 0.2) is 29.6 Å². The van der Waals surface area contributed by atoms with Gasteiger partial charge < -0.3 is 15.0 Å². The van der Waals surface area contributed by atoms with Crippen molar-refractivity contribution in [2.75, 3.05) is 0 Å². The molecule has 0 aliphatic carbocycles. The molecule has 0 amide bonds. The quantitative estimate of drug-likeness (QED) is 0.860. The van der Waals surface area contributed by atoms with Crippen molar-refractivity contribution in [3.8, 4) is 0 Å². The average molecular weight is 289 g/mol. The van der Waals surface area contributed by atoms with Crippen LogP contribution < -0.4 is 5.73 Å². The van der Waals surface area contributed by atoms with Crippen LogP contribution in [0.4, 0.5) is 0 Å². The molecule has 1 aliphatic rings. The summed E-state index contributed by atoms with van der Waals surface area (Å²) in [6, 6.07) is 8.30. The summed E-state index contributed by atoms with van der Waals surface area (Å²) in [6.45, 7) is 8.19. The fourth-order valence-corrected chi connectivity index (χ4v) is 3.45. The Morgan fingerprint density at radius 1 is 1.10 bits per heavy atom. The third-order valence-electron chi connectivity index (χ3n) is 4.43.